The summed E-state index contributed by atoms with van der Waals surface area (Å²) in [7, 11) is 0. The molecule has 98 valence electrons. The first kappa shape index (κ1) is 14.6. The van der Waals surface area contributed by atoms with Gasteiger partial charge in [0.2, 0.25) is 0 Å². The van der Waals surface area contributed by atoms with Crippen LogP contribution in [0.3, 0.4) is 0 Å². The Morgan fingerprint density at radius 2 is 1.83 bits per heavy atom. The van der Waals surface area contributed by atoms with Crippen LogP contribution in [-0.2, 0) is 4.79 Å². The van der Waals surface area contributed by atoms with Crippen LogP contribution >= 0.6 is 0 Å². The Morgan fingerprint density at radius 1 is 1.22 bits per heavy atom. The molecule has 0 saturated carbocycles. The highest BCUT2D eigenvalue weighted by molar-refractivity contribution is 5.79. The molecule has 0 amide bonds. The summed E-state index contributed by atoms with van der Waals surface area (Å²) >= 11 is 0. The predicted octanol–water partition coefficient (Wildman–Crippen LogP) is 4.55. The summed E-state index contributed by atoms with van der Waals surface area (Å²) < 4.78 is 0. The van der Waals surface area contributed by atoms with Crippen LogP contribution in [0.25, 0.3) is 0 Å². The number of nitrogens with zero attached hydrogens (tertiary/aromatic N) is 2. The molecule has 1 aromatic carbocycles. The lowest BCUT2D eigenvalue weighted by molar-refractivity contribution is -0.120. The zero-order valence-corrected chi connectivity index (χ0v) is 11.7. The fraction of sp³-hybridized carbons (Fsp3) is 0.533. The zero-order chi connectivity index (χ0) is 13.6. The number of benzene rings is 1. The second-order valence-electron chi connectivity index (χ2n) is 5.66. The molecule has 0 saturated heterocycles. The minimum Gasteiger partial charge on any atom is -0.300 e. The lowest BCUT2D eigenvalue weighted by Crippen LogP contribution is -2.21. The summed E-state index contributed by atoms with van der Waals surface area (Å²) in [6, 6.07) is 9.58. The monoisotopic (exact) mass is 246 g/mol. The van der Waals surface area contributed by atoms with E-state index in [0.717, 1.165) is 5.69 Å². The van der Waals surface area contributed by atoms with Crippen LogP contribution in [0.4, 0.5) is 5.69 Å². The molecule has 1 rings (SSSR count). The quantitative estimate of drug-likeness (QED) is 0.679. The van der Waals surface area contributed by atoms with Gasteiger partial charge in [-0.3, -0.25) is 4.79 Å². The van der Waals surface area contributed by atoms with E-state index < -0.39 is 5.54 Å². The molecular weight excluding hydrogens is 224 g/mol. The van der Waals surface area contributed by atoms with Gasteiger partial charge in [0.15, 0.2) is 0 Å². The molecule has 0 spiro atoms. The lowest BCUT2D eigenvalue weighted by Gasteiger charge is -2.17. The molecule has 0 fully saturated rings. The number of Topliss-reactive ketones (excluding diaryl/α,β-unsaturated/α-hetero) is 1. The summed E-state index contributed by atoms with van der Waals surface area (Å²) in [4.78, 5) is 11.8. The van der Waals surface area contributed by atoms with Crippen LogP contribution in [-0.4, -0.2) is 11.3 Å². The Bertz CT molecular complexity index is 408. The maximum absolute atomic E-state index is 11.8. The number of rotatable bonds is 6. The molecule has 0 aliphatic carbocycles. The molecule has 1 aromatic rings. The standard InChI is InChI=1S/C15H22N2O/c1-12(2)10-14(18)11-15(3,4)17-16-13-8-6-5-7-9-13/h5-9,12H,10-11H2,1-4H3. The summed E-state index contributed by atoms with van der Waals surface area (Å²) in [6.45, 7) is 7.99. The molecule has 18 heavy (non-hydrogen) atoms. The van der Waals surface area contributed by atoms with Crippen molar-refractivity contribution in [3.63, 3.8) is 0 Å². The van der Waals surface area contributed by atoms with Gasteiger partial charge in [-0.1, -0.05) is 32.0 Å². The fourth-order valence-corrected chi connectivity index (χ4v) is 1.73. The van der Waals surface area contributed by atoms with Crippen molar-refractivity contribution in [3.05, 3.63) is 30.3 Å². The molecule has 0 radical (unpaired) electrons. The van der Waals surface area contributed by atoms with Crippen LogP contribution in [0.1, 0.15) is 40.5 Å². The van der Waals surface area contributed by atoms with E-state index in [1.165, 1.54) is 0 Å². The Balaban J connectivity index is 2.59. The highest BCUT2D eigenvalue weighted by Crippen LogP contribution is 2.21. The molecule has 0 aliphatic heterocycles. The third-order valence-corrected chi connectivity index (χ3v) is 2.46. The highest BCUT2D eigenvalue weighted by Gasteiger charge is 2.21. The van der Waals surface area contributed by atoms with Crippen molar-refractivity contribution in [1.29, 1.82) is 0 Å². The number of azo groups is 1. The van der Waals surface area contributed by atoms with Crippen LogP contribution in [0, 0.1) is 5.92 Å². The molecule has 0 heterocycles. The first-order valence-electron chi connectivity index (χ1n) is 6.39. The Labute approximate surface area is 109 Å². The van der Waals surface area contributed by atoms with Crippen molar-refractivity contribution < 1.29 is 4.79 Å². The normalized spacial score (nSPS) is 12.3. The average molecular weight is 246 g/mol. The Kier molecular flexibility index (Phi) is 5.20. The van der Waals surface area contributed by atoms with Gasteiger partial charge in [0.25, 0.3) is 0 Å². The lowest BCUT2D eigenvalue weighted by atomic mass is 9.94. The van der Waals surface area contributed by atoms with Crippen molar-refractivity contribution in [2.24, 2.45) is 16.1 Å². The van der Waals surface area contributed by atoms with E-state index in [1.807, 2.05) is 44.2 Å². The molecule has 0 aromatic heterocycles. The van der Waals surface area contributed by atoms with Gasteiger partial charge in [-0.15, -0.1) is 0 Å². The van der Waals surface area contributed by atoms with Crippen molar-refractivity contribution in [2.45, 2.75) is 46.1 Å². The number of hydrogen-bond donors (Lipinski definition) is 0. The summed E-state index contributed by atoms with van der Waals surface area (Å²) in [5, 5.41) is 8.46. The van der Waals surface area contributed by atoms with Gasteiger partial charge in [0.05, 0.1) is 11.2 Å². The van der Waals surface area contributed by atoms with Crippen molar-refractivity contribution in [1.82, 2.24) is 0 Å². The largest absolute Gasteiger partial charge is 0.300 e. The zero-order valence-electron chi connectivity index (χ0n) is 11.7. The minimum atomic E-state index is -0.429. The van der Waals surface area contributed by atoms with Crippen LogP contribution in [0.5, 0.6) is 0 Å². The predicted molar refractivity (Wildman–Crippen MR) is 74.1 cm³/mol. The number of ketones is 1. The second kappa shape index (κ2) is 6.43. The molecule has 0 atom stereocenters. The summed E-state index contributed by atoms with van der Waals surface area (Å²) in [6.07, 6.45) is 1.06. The first-order chi connectivity index (χ1) is 8.39. The maximum atomic E-state index is 11.8. The number of carbonyl (C=O) groups excluding carboxylic acids is 1. The van der Waals surface area contributed by atoms with Gasteiger partial charge in [0, 0.05) is 12.8 Å². The van der Waals surface area contributed by atoms with Crippen LogP contribution in [0.15, 0.2) is 40.6 Å². The second-order valence-corrected chi connectivity index (χ2v) is 5.66. The van der Waals surface area contributed by atoms with Gasteiger partial charge in [-0.2, -0.15) is 10.2 Å². The fourth-order valence-electron chi connectivity index (χ4n) is 1.73. The van der Waals surface area contributed by atoms with Gasteiger partial charge in [-0.25, -0.2) is 0 Å². The molecule has 0 bridgehead atoms. The van der Waals surface area contributed by atoms with E-state index in [0.29, 0.717) is 18.8 Å². The van der Waals surface area contributed by atoms with Crippen molar-refractivity contribution in [2.75, 3.05) is 0 Å². The summed E-state index contributed by atoms with van der Waals surface area (Å²) in [5.74, 6) is 0.654. The topological polar surface area (TPSA) is 41.8 Å². The number of carbonyl (C=O) groups is 1. The van der Waals surface area contributed by atoms with Gasteiger partial charge < -0.3 is 0 Å². The van der Waals surface area contributed by atoms with E-state index in [9.17, 15) is 4.79 Å². The average Bonchev–Trinajstić information content (AvgIpc) is 2.26. The smallest absolute Gasteiger partial charge is 0.135 e. The van der Waals surface area contributed by atoms with Crippen molar-refractivity contribution in [3.8, 4) is 0 Å². The van der Waals surface area contributed by atoms with E-state index in [2.05, 4.69) is 24.1 Å². The SMILES string of the molecule is CC(C)CC(=O)CC(C)(C)N=Nc1ccccc1. The maximum Gasteiger partial charge on any atom is 0.135 e. The molecule has 3 nitrogen and oxygen atoms in total. The molecular formula is C15H22N2O. The van der Waals surface area contributed by atoms with E-state index in [4.69, 9.17) is 0 Å². The Hall–Kier alpha value is -1.51. The first-order valence-corrected chi connectivity index (χ1v) is 6.39. The van der Waals surface area contributed by atoms with E-state index >= 15 is 0 Å². The molecule has 0 unspecified atom stereocenters. The van der Waals surface area contributed by atoms with Gasteiger partial charge in [-0.05, 0) is 31.9 Å². The number of hydrogen-bond acceptors (Lipinski definition) is 3. The molecule has 0 aliphatic rings. The van der Waals surface area contributed by atoms with E-state index in [1.54, 1.807) is 0 Å². The van der Waals surface area contributed by atoms with Crippen LogP contribution in [0.2, 0.25) is 0 Å². The molecule has 0 N–H and O–H groups in total. The Morgan fingerprint density at radius 3 is 2.39 bits per heavy atom. The minimum absolute atomic E-state index is 0.252. The van der Waals surface area contributed by atoms with E-state index in [-0.39, 0.29) is 5.78 Å². The van der Waals surface area contributed by atoms with Crippen molar-refractivity contribution >= 4 is 11.5 Å². The third kappa shape index (κ3) is 5.71. The molecule has 3 heteroatoms. The summed E-state index contributed by atoms with van der Waals surface area (Å²) in [5.41, 5.74) is 0.392. The highest BCUT2D eigenvalue weighted by atomic mass is 16.1. The van der Waals surface area contributed by atoms with Gasteiger partial charge >= 0.3 is 0 Å². The third-order valence-electron chi connectivity index (χ3n) is 2.46. The van der Waals surface area contributed by atoms with Gasteiger partial charge in [0.1, 0.15) is 5.78 Å². The van der Waals surface area contributed by atoms with Crippen LogP contribution < -0.4 is 0 Å².